The highest BCUT2D eigenvalue weighted by Crippen LogP contribution is 2.50. The van der Waals surface area contributed by atoms with Crippen LogP contribution in [0, 0.1) is 29.0 Å². The molecule has 1 aliphatic heterocycles. The van der Waals surface area contributed by atoms with E-state index in [0.29, 0.717) is 26.0 Å². The molecule has 3 unspecified atom stereocenters. The second-order valence-electron chi connectivity index (χ2n) is 10.3. The number of hydrogen-bond acceptors (Lipinski definition) is 3. The van der Waals surface area contributed by atoms with Crippen LogP contribution in [0.15, 0.2) is 12.1 Å². The van der Waals surface area contributed by atoms with E-state index < -0.39 is 23.7 Å². The van der Waals surface area contributed by atoms with Crippen molar-refractivity contribution in [2.45, 2.75) is 64.8 Å². The topological polar surface area (TPSA) is 66.8 Å². The monoisotopic (exact) mass is 451 g/mol. The minimum Gasteiger partial charge on any atom is -0.491 e. The average Bonchev–Trinajstić information content (AvgIpc) is 3.17. The van der Waals surface area contributed by atoms with Crippen LogP contribution in [0.1, 0.15) is 69.2 Å². The molecule has 1 amide bonds. The molecule has 1 N–H and O–H groups in total. The molecule has 0 spiro atoms. The van der Waals surface area contributed by atoms with Gasteiger partial charge in [0.05, 0.1) is 17.2 Å². The highest BCUT2D eigenvalue weighted by molar-refractivity contribution is 6.32. The van der Waals surface area contributed by atoms with Crippen molar-refractivity contribution in [3.63, 3.8) is 0 Å². The Kier molecular flexibility index (Phi) is 6.21. The molecule has 170 valence electrons. The summed E-state index contributed by atoms with van der Waals surface area (Å²) in [5, 5.41) is 9.48. The molecule has 1 aromatic carbocycles. The van der Waals surface area contributed by atoms with Crippen LogP contribution in [-0.2, 0) is 4.79 Å². The second-order valence-corrected chi connectivity index (χ2v) is 10.7. The number of ether oxygens (including phenoxy) is 1. The van der Waals surface area contributed by atoms with Crippen LogP contribution in [0.5, 0.6) is 5.75 Å². The van der Waals surface area contributed by atoms with E-state index in [9.17, 15) is 19.1 Å². The number of carbonyl (C=O) groups excluding carboxylic acids is 1. The number of nitrogens with zero attached hydrogens (tertiary/aromatic N) is 1. The second kappa shape index (κ2) is 8.61. The zero-order valence-electron chi connectivity index (χ0n) is 18.2. The quantitative estimate of drug-likeness (QED) is 0.650. The lowest BCUT2D eigenvalue weighted by molar-refractivity contribution is -0.141. The molecular weight excluding hydrogens is 421 g/mol. The Morgan fingerprint density at radius 3 is 2.58 bits per heavy atom. The first-order chi connectivity index (χ1) is 14.6. The molecule has 31 heavy (non-hydrogen) atoms. The molecule has 0 aromatic heterocycles. The highest BCUT2D eigenvalue weighted by atomic mass is 35.5. The predicted molar refractivity (Wildman–Crippen MR) is 116 cm³/mol. The summed E-state index contributed by atoms with van der Waals surface area (Å²) in [4.78, 5) is 25.3. The van der Waals surface area contributed by atoms with Crippen LogP contribution in [0.3, 0.4) is 0 Å². The number of benzene rings is 1. The minimum absolute atomic E-state index is 0.0340. The maximum Gasteiger partial charge on any atom is 0.326 e. The van der Waals surface area contributed by atoms with Crippen molar-refractivity contribution in [2.75, 3.05) is 13.2 Å². The van der Waals surface area contributed by atoms with Crippen molar-refractivity contribution in [2.24, 2.45) is 23.2 Å². The van der Waals surface area contributed by atoms with Gasteiger partial charge in [0.25, 0.3) is 5.91 Å². The lowest BCUT2D eigenvalue weighted by atomic mass is 9.60. The summed E-state index contributed by atoms with van der Waals surface area (Å²) in [6.45, 7) is 5.34. The smallest absolute Gasteiger partial charge is 0.326 e. The number of aliphatic carboxylic acids is 1. The van der Waals surface area contributed by atoms with E-state index in [4.69, 9.17) is 16.3 Å². The fourth-order valence-electron chi connectivity index (χ4n) is 6.30. The fourth-order valence-corrected chi connectivity index (χ4v) is 6.52. The number of rotatable bonds is 5. The summed E-state index contributed by atoms with van der Waals surface area (Å²) < 4.78 is 20.8. The Bertz CT molecular complexity index is 857. The number of halogens is 2. The maximum atomic E-state index is 14.8. The van der Waals surface area contributed by atoms with Crippen molar-refractivity contribution >= 4 is 23.5 Å². The molecule has 7 heteroatoms. The van der Waals surface area contributed by atoms with E-state index in [0.717, 1.165) is 36.7 Å². The first-order valence-electron chi connectivity index (χ1n) is 11.3. The van der Waals surface area contributed by atoms with Crippen LogP contribution in [0.25, 0.3) is 0 Å². The summed E-state index contributed by atoms with van der Waals surface area (Å²) >= 11 is 6.35. The first kappa shape index (κ1) is 22.4. The molecule has 3 fully saturated rings. The van der Waals surface area contributed by atoms with Gasteiger partial charge in [-0.1, -0.05) is 25.4 Å². The molecule has 3 aliphatic rings. The molecule has 0 radical (unpaired) electrons. The maximum absolute atomic E-state index is 14.8. The van der Waals surface area contributed by atoms with Crippen LogP contribution >= 0.6 is 11.6 Å². The molecule has 1 heterocycles. The molecular formula is C24H31ClFNO4. The predicted octanol–water partition coefficient (Wildman–Crippen LogP) is 5.40. The van der Waals surface area contributed by atoms with E-state index in [-0.39, 0.29) is 21.8 Å². The van der Waals surface area contributed by atoms with Gasteiger partial charge in [-0.15, -0.1) is 0 Å². The molecule has 5 nitrogen and oxygen atoms in total. The normalized spacial score (nSPS) is 32.7. The lowest BCUT2D eigenvalue weighted by Crippen LogP contribution is -2.40. The molecule has 3 atom stereocenters. The summed E-state index contributed by atoms with van der Waals surface area (Å²) in [6.07, 6.45) is 7.01. The van der Waals surface area contributed by atoms with Gasteiger partial charge >= 0.3 is 5.97 Å². The van der Waals surface area contributed by atoms with Gasteiger partial charge in [-0.05, 0) is 68.8 Å². The average molecular weight is 452 g/mol. The Balaban J connectivity index is 1.45. The van der Waals surface area contributed by atoms with E-state index in [1.54, 1.807) is 0 Å². The Morgan fingerprint density at radius 2 is 1.94 bits per heavy atom. The summed E-state index contributed by atoms with van der Waals surface area (Å²) in [7, 11) is 0. The van der Waals surface area contributed by atoms with E-state index in [1.165, 1.54) is 30.2 Å². The van der Waals surface area contributed by atoms with Crippen molar-refractivity contribution < 1.29 is 23.8 Å². The van der Waals surface area contributed by atoms with Crippen molar-refractivity contribution in [3.8, 4) is 5.75 Å². The van der Waals surface area contributed by atoms with Gasteiger partial charge in [0, 0.05) is 18.0 Å². The fraction of sp³-hybridized carbons (Fsp3) is 0.667. The molecule has 1 aromatic rings. The van der Waals surface area contributed by atoms with Gasteiger partial charge in [0.1, 0.15) is 17.6 Å². The van der Waals surface area contributed by atoms with Gasteiger partial charge in [0.15, 0.2) is 0 Å². The third kappa shape index (κ3) is 4.69. The zero-order chi connectivity index (χ0) is 22.3. The van der Waals surface area contributed by atoms with Crippen molar-refractivity contribution in [1.29, 1.82) is 0 Å². The third-order valence-electron chi connectivity index (χ3n) is 7.33. The van der Waals surface area contributed by atoms with E-state index in [2.05, 4.69) is 13.8 Å². The van der Waals surface area contributed by atoms with Gasteiger partial charge in [-0.25, -0.2) is 9.18 Å². The number of carboxylic acids is 1. The summed E-state index contributed by atoms with van der Waals surface area (Å²) in [5.74, 6) is 0.0301. The van der Waals surface area contributed by atoms with Crippen LogP contribution in [0.2, 0.25) is 5.02 Å². The van der Waals surface area contributed by atoms with Gasteiger partial charge in [0.2, 0.25) is 0 Å². The van der Waals surface area contributed by atoms with Crippen molar-refractivity contribution in [1.82, 2.24) is 4.90 Å². The summed E-state index contributed by atoms with van der Waals surface area (Å²) in [5.41, 5.74) is -0.176. The van der Waals surface area contributed by atoms with Gasteiger partial charge < -0.3 is 14.7 Å². The Labute approximate surface area is 187 Å². The number of hydrogen-bond donors (Lipinski definition) is 1. The number of fused-ring (bicyclic) bond motifs is 2. The SMILES string of the molecule is CC1CC2CC(C1)CC(C)(COc1cc(F)c(C(=O)N3CCCC3C(=O)O)cc1Cl)C2. The number of amides is 1. The van der Waals surface area contributed by atoms with Crippen LogP contribution in [0.4, 0.5) is 4.39 Å². The standard InChI is InChI=1S/C24H31ClFNO4/c1-14-6-15-8-16(7-14)12-24(2,11-15)13-31-21-10-19(26)17(9-18(21)25)22(28)27-5-3-4-20(27)23(29)30/h9-10,14-16,20H,3-8,11-13H2,1-2H3,(H,29,30). The molecule has 4 rings (SSSR count). The van der Waals surface area contributed by atoms with Crippen molar-refractivity contribution in [3.05, 3.63) is 28.5 Å². The van der Waals surface area contributed by atoms with Crippen LogP contribution in [-0.4, -0.2) is 41.1 Å². The number of carboxylic acid groups (broad SMARTS) is 1. The number of carbonyl (C=O) groups is 2. The lowest BCUT2D eigenvalue weighted by Gasteiger charge is -2.47. The number of likely N-dealkylation sites (tertiary alicyclic amines) is 1. The summed E-state index contributed by atoms with van der Waals surface area (Å²) in [6, 6.07) is 1.51. The minimum atomic E-state index is -1.07. The third-order valence-corrected chi connectivity index (χ3v) is 7.62. The molecule has 2 aliphatic carbocycles. The van der Waals surface area contributed by atoms with Crippen LogP contribution < -0.4 is 4.74 Å². The molecule has 1 saturated heterocycles. The highest BCUT2D eigenvalue weighted by Gasteiger charge is 2.41. The zero-order valence-corrected chi connectivity index (χ0v) is 19.0. The van der Waals surface area contributed by atoms with Gasteiger partial charge in [-0.2, -0.15) is 0 Å². The van der Waals surface area contributed by atoms with E-state index in [1.807, 2.05) is 0 Å². The Morgan fingerprint density at radius 1 is 1.26 bits per heavy atom. The first-order valence-corrected chi connectivity index (χ1v) is 11.7. The van der Waals surface area contributed by atoms with E-state index >= 15 is 0 Å². The molecule has 2 bridgehead atoms. The van der Waals surface area contributed by atoms with Gasteiger partial charge in [-0.3, -0.25) is 4.79 Å². The molecule has 2 saturated carbocycles. The Hall–Kier alpha value is -1.82. The largest absolute Gasteiger partial charge is 0.491 e.